The molecule has 0 aromatic rings. The van der Waals surface area contributed by atoms with Gasteiger partial charge in [-0.1, -0.05) is 27.2 Å². The van der Waals surface area contributed by atoms with Crippen molar-refractivity contribution < 1.29 is 4.74 Å². The Labute approximate surface area is 113 Å². The van der Waals surface area contributed by atoms with E-state index in [-0.39, 0.29) is 0 Å². The van der Waals surface area contributed by atoms with Crippen LogP contribution in [0, 0.1) is 5.92 Å². The van der Waals surface area contributed by atoms with Gasteiger partial charge in [-0.25, -0.2) is 0 Å². The molecule has 0 aromatic carbocycles. The van der Waals surface area contributed by atoms with E-state index in [0.29, 0.717) is 24.1 Å². The summed E-state index contributed by atoms with van der Waals surface area (Å²) < 4.78 is 6.04. The lowest BCUT2D eigenvalue weighted by atomic mass is 9.93. The predicted molar refractivity (Wildman–Crippen MR) is 78.0 cm³/mol. The SMILES string of the molecule is CCCNC(C(C)CC)C1CN(C(C)C)CCO1. The molecule has 0 amide bonds. The maximum absolute atomic E-state index is 6.04. The highest BCUT2D eigenvalue weighted by molar-refractivity contribution is 4.86. The lowest BCUT2D eigenvalue weighted by Gasteiger charge is -2.41. The van der Waals surface area contributed by atoms with Crippen molar-refractivity contribution in [1.82, 2.24) is 10.2 Å². The number of hydrogen-bond donors (Lipinski definition) is 1. The number of morpholine rings is 1. The van der Waals surface area contributed by atoms with Crippen molar-refractivity contribution in [3.63, 3.8) is 0 Å². The van der Waals surface area contributed by atoms with Crippen molar-refractivity contribution in [1.29, 1.82) is 0 Å². The van der Waals surface area contributed by atoms with Gasteiger partial charge in [0.15, 0.2) is 0 Å². The van der Waals surface area contributed by atoms with Crippen LogP contribution in [0.4, 0.5) is 0 Å². The number of nitrogens with zero attached hydrogens (tertiary/aromatic N) is 1. The van der Waals surface area contributed by atoms with Crippen molar-refractivity contribution in [2.75, 3.05) is 26.2 Å². The summed E-state index contributed by atoms with van der Waals surface area (Å²) in [5.74, 6) is 0.675. The fraction of sp³-hybridized carbons (Fsp3) is 1.00. The van der Waals surface area contributed by atoms with Crippen LogP contribution in [0.3, 0.4) is 0 Å². The van der Waals surface area contributed by atoms with E-state index in [0.717, 1.165) is 26.2 Å². The average molecular weight is 256 g/mol. The van der Waals surface area contributed by atoms with Gasteiger partial charge in [-0.15, -0.1) is 0 Å². The van der Waals surface area contributed by atoms with E-state index in [4.69, 9.17) is 4.74 Å². The third kappa shape index (κ3) is 4.52. The largest absolute Gasteiger partial charge is 0.374 e. The van der Waals surface area contributed by atoms with Gasteiger partial charge in [-0.3, -0.25) is 4.90 Å². The molecule has 3 unspecified atom stereocenters. The summed E-state index contributed by atoms with van der Waals surface area (Å²) in [7, 11) is 0. The molecule has 0 aromatic heterocycles. The second-order valence-electron chi connectivity index (χ2n) is 5.86. The van der Waals surface area contributed by atoms with Gasteiger partial charge in [-0.2, -0.15) is 0 Å². The molecule has 1 fully saturated rings. The molecule has 1 saturated heterocycles. The zero-order chi connectivity index (χ0) is 13.5. The van der Waals surface area contributed by atoms with E-state index in [1.807, 2.05) is 0 Å². The molecule has 18 heavy (non-hydrogen) atoms. The molecular formula is C15H32N2O. The fourth-order valence-electron chi connectivity index (χ4n) is 2.65. The highest BCUT2D eigenvalue weighted by atomic mass is 16.5. The van der Waals surface area contributed by atoms with Crippen molar-refractivity contribution in [2.24, 2.45) is 5.92 Å². The van der Waals surface area contributed by atoms with Crippen molar-refractivity contribution in [3.05, 3.63) is 0 Å². The third-order valence-corrected chi connectivity index (χ3v) is 4.14. The van der Waals surface area contributed by atoms with Gasteiger partial charge < -0.3 is 10.1 Å². The molecular weight excluding hydrogens is 224 g/mol. The van der Waals surface area contributed by atoms with Crippen molar-refractivity contribution in [3.8, 4) is 0 Å². The summed E-state index contributed by atoms with van der Waals surface area (Å²) in [5, 5.41) is 3.70. The maximum Gasteiger partial charge on any atom is 0.0857 e. The Morgan fingerprint density at radius 1 is 1.28 bits per heavy atom. The normalized spacial score (nSPS) is 25.3. The van der Waals surface area contributed by atoms with Gasteiger partial charge in [0, 0.05) is 25.2 Å². The smallest absolute Gasteiger partial charge is 0.0857 e. The van der Waals surface area contributed by atoms with E-state index < -0.39 is 0 Å². The van der Waals surface area contributed by atoms with E-state index in [1.165, 1.54) is 12.8 Å². The van der Waals surface area contributed by atoms with Gasteiger partial charge in [0.1, 0.15) is 0 Å². The summed E-state index contributed by atoms with van der Waals surface area (Å²) in [6.45, 7) is 15.5. The highest BCUT2D eigenvalue weighted by Gasteiger charge is 2.31. The molecule has 1 aliphatic heterocycles. The summed E-state index contributed by atoms with van der Waals surface area (Å²) >= 11 is 0. The maximum atomic E-state index is 6.04. The van der Waals surface area contributed by atoms with Gasteiger partial charge >= 0.3 is 0 Å². The second kappa shape index (κ2) is 8.13. The molecule has 0 spiro atoms. The van der Waals surface area contributed by atoms with Crippen molar-refractivity contribution >= 4 is 0 Å². The fourth-order valence-corrected chi connectivity index (χ4v) is 2.65. The van der Waals surface area contributed by atoms with Crippen LogP contribution in [0.2, 0.25) is 0 Å². The predicted octanol–water partition coefficient (Wildman–Crippen LogP) is 2.51. The molecule has 3 atom stereocenters. The van der Waals surface area contributed by atoms with Crippen LogP contribution in [0.15, 0.2) is 0 Å². The molecule has 1 rings (SSSR count). The molecule has 0 aliphatic carbocycles. The minimum absolute atomic E-state index is 0.350. The van der Waals surface area contributed by atoms with Crippen molar-refractivity contribution in [2.45, 2.75) is 65.6 Å². The first-order chi connectivity index (χ1) is 8.60. The van der Waals surface area contributed by atoms with E-state index >= 15 is 0 Å². The summed E-state index contributed by atoms with van der Waals surface area (Å²) in [4.78, 5) is 2.54. The topological polar surface area (TPSA) is 24.5 Å². The highest BCUT2D eigenvalue weighted by Crippen LogP contribution is 2.19. The molecule has 108 valence electrons. The van der Waals surface area contributed by atoms with Gasteiger partial charge in [0.05, 0.1) is 12.7 Å². The van der Waals surface area contributed by atoms with E-state index in [9.17, 15) is 0 Å². The van der Waals surface area contributed by atoms with Gasteiger partial charge in [-0.05, 0) is 32.7 Å². The monoisotopic (exact) mass is 256 g/mol. The summed E-state index contributed by atoms with van der Waals surface area (Å²) in [6.07, 6.45) is 2.75. The van der Waals surface area contributed by atoms with Gasteiger partial charge in [0.2, 0.25) is 0 Å². The molecule has 1 N–H and O–H groups in total. The quantitative estimate of drug-likeness (QED) is 0.757. The Hall–Kier alpha value is -0.120. The summed E-state index contributed by atoms with van der Waals surface area (Å²) in [6, 6.07) is 1.12. The number of nitrogens with one attached hydrogen (secondary N) is 1. The lowest BCUT2D eigenvalue weighted by molar-refractivity contribution is -0.0637. The average Bonchev–Trinajstić information content (AvgIpc) is 2.39. The molecule has 3 nitrogen and oxygen atoms in total. The zero-order valence-electron chi connectivity index (χ0n) is 12.9. The Bertz CT molecular complexity index is 221. The van der Waals surface area contributed by atoms with Crippen LogP contribution in [0.25, 0.3) is 0 Å². The Balaban J connectivity index is 2.59. The molecule has 0 saturated carbocycles. The van der Waals surface area contributed by atoms with Gasteiger partial charge in [0.25, 0.3) is 0 Å². The summed E-state index contributed by atoms with van der Waals surface area (Å²) in [5.41, 5.74) is 0. The van der Waals surface area contributed by atoms with Crippen LogP contribution >= 0.6 is 0 Å². The Morgan fingerprint density at radius 3 is 2.56 bits per heavy atom. The molecule has 0 bridgehead atoms. The Morgan fingerprint density at radius 2 is 2.00 bits per heavy atom. The standard InChI is InChI=1S/C15H32N2O/c1-6-8-16-15(13(5)7-2)14-11-17(12(3)4)9-10-18-14/h12-16H,6-11H2,1-5H3. The first kappa shape index (κ1) is 15.9. The number of ether oxygens (including phenoxy) is 1. The molecule has 0 radical (unpaired) electrons. The van der Waals surface area contributed by atoms with Crippen LogP contribution in [0.1, 0.15) is 47.5 Å². The molecule has 3 heteroatoms. The van der Waals surface area contributed by atoms with E-state index in [2.05, 4.69) is 44.8 Å². The van der Waals surface area contributed by atoms with Crippen LogP contribution in [0.5, 0.6) is 0 Å². The molecule has 1 aliphatic rings. The minimum Gasteiger partial charge on any atom is -0.374 e. The van der Waals surface area contributed by atoms with E-state index in [1.54, 1.807) is 0 Å². The molecule has 1 heterocycles. The lowest BCUT2D eigenvalue weighted by Crippen LogP contribution is -2.55. The van der Waals surface area contributed by atoms with Crippen LogP contribution in [-0.4, -0.2) is 49.3 Å². The number of rotatable bonds is 7. The first-order valence-corrected chi connectivity index (χ1v) is 7.69. The Kier molecular flexibility index (Phi) is 7.20. The minimum atomic E-state index is 0.350. The second-order valence-corrected chi connectivity index (χ2v) is 5.86. The van der Waals surface area contributed by atoms with Crippen LogP contribution in [-0.2, 0) is 4.74 Å². The third-order valence-electron chi connectivity index (χ3n) is 4.14. The first-order valence-electron chi connectivity index (χ1n) is 7.69. The van der Waals surface area contributed by atoms with Crippen LogP contribution < -0.4 is 5.32 Å². The zero-order valence-corrected chi connectivity index (χ0v) is 12.9. The number of hydrogen-bond acceptors (Lipinski definition) is 3.